The van der Waals surface area contributed by atoms with Gasteiger partial charge in [0.2, 0.25) is 0 Å². The summed E-state index contributed by atoms with van der Waals surface area (Å²) in [5.74, 6) is 1.01. The lowest BCUT2D eigenvalue weighted by Crippen LogP contribution is -2.46. The van der Waals surface area contributed by atoms with Gasteiger partial charge in [0.15, 0.2) is 0 Å². The monoisotopic (exact) mass is 278 g/mol. The standard InChI is InChI=1S/C15H22N2O3/c1-10-6-7-17(9-14(10)20-3)15(18)11-4-5-12(16)13(8-11)19-2/h4-5,8,10,14H,6-7,9,16H2,1-3H3. The number of methoxy groups -OCH3 is 2. The van der Waals surface area contributed by atoms with Crippen molar-refractivity contribution in [2.24, 2.45) is 5.92 Å². The van der Waals surface area contributed by atoms with E-state index in [4.69, 9.17) is 15.2 Å². The van der Waals surface area contributed by atoms with Crippen molar-refractivity contribution in [2.45, 2.75) is 19.4 Å². The molecule has 20 heavy (non-hydrogen) atoms. The largest absolute Gasteiger partial charge is 0.495 e. The summed E-state index contributed by atoms with van der Waals surface area (Å²) in [6.45, 7) is 3.54. The van der Waals surface area contributed by atoms with E-state index in [1.54, 1.807) is 32.4 Å². The molecular formula is C15H22N2O3. The number of anilines is 1. The van der Waals surface area contributed by atoms with Crippen molar-refractivity contribution in [1.29, 1.82) is 0 Å². The summed E-state index contributed by atoms with van der Waals surface area (Å²) in [4.78, 5) is 14.4. The lowest BCUT2D eigenvalue weighted by molar-refractivity contribution is -0.00157. The second kappa shape index (κ2) is 6.13. The number of piperidine rings is 1. The Morgan fingerprint density at radius 3 is 2.80 bits per heavy atom. The maximum absolute atomic E-state index is 12.5. The fraction of sp³-hybridized carbons (Fsp3) is 0.533. The number of nitrogen functional groups attached to an aromatic ring is 1. The molecule has 5 heteroatoms. The molecule has 0 aliphatic carbocycles. The lowest BCUT2D eigenvalue weighted by Gasteiger charge is -2.36. The van der Waals surface area contributed by atoms with Gasteiger partial charge in [-0.15, -0.1) is 0 Å². The Kier molecular flexibility index (Phi) is 4.49. The lowest BCUT2D eigenvalue weighted by atomic mass is 9.95. The van der Waals surface area contributed by atoms with E-state index >= 15 is 0 Å². The van der Waals surface area contributed by atoms with Crippen LogP contribution in [0.4, 0.5) is 5.69 Å². The van der Waals surface area contributed by atoms with Gasteiger partial charge in [-0.3, -0.25) is 4.79 Å². The molecule has 2 rings (SSSR count). The fourth-order valence-corrected chi connectivity index (χ4v) is 2.55. The predicted molar refractivity (Wildman–Crippen MR) is 77.9 cm³/mol. The first kappa shape index (κ1) is 14.7. The van der Waals surface area contributed by atoms with Crippen molar-refractivity contribution in [3.8, 4) is 5.75 Å². The van der Waals surface area contributed by atoms with Crippen LogP contribution in [0.2, 0.25) is 0 Å². The molecule has 1 heterocycles. The van der Waals surface area contributed by atoms with Gasteiger partial charge in [0, 0.05) is 25.8 Å². The third kappa shape index (κ3) is 2.88. The van der Waals surface area contributed by atoms with Crippen LogP contribution >= 0.6 is 0 Å². The maximum Gasteiger partial charge on any atom is 0.254 e. The van der Waals surface area contributed by atoms with Crippen molar-refractivity contribution in [2.75, 3.05) is 33.0 Å². The number of carbonyl (C=O) groups excluding carboxylic acids is 1. The highest BCUT2D eigenvalue weighted by Gasteiger charge is 2.29. The van der Waals surface area contributed by atoms with E-state index in [0.29, 0.717) is 29.5 Å². The number of hydrogen-bond acceptors (Lipinski definition) is 4. The summed E-state index contributed by atoms with van der Waals surface area (Å²) in [6, 6.07) is 5.13. The van der Waals surface area contributed by atoms with Crippen LogP contribution in [-0.4, -0.2) is 44.2 Å². The van der Waals surface area contributed by atoms with Gasteiger partial charge in [-0.2, -0.15) is 0 Å². The van der Waals surface area contributed by atoms with Gasteiger partial charge >= 0.3 is 0 Å². The molecule has 0 radical (unpaired) electrons. The summed E-state index contributed by atoms with van der Waals surface area (Å²) >= 11 is 0. The Morgan fingerprint density at radius 1 is 1.40 bits per heavy atom. The minimum absolute atomic E-state index is 0.00255. The van der Waals surface area contributed by atoms with E-state index in [9.17, 15) is 4.79 Å². The first-order valence-electron chi connectivity index (χ1n) is 6.82. The number of nitrogens with two attached hydrogens (primary N) is 1. The molecule has 1 aromatic carbocycles. The molecule has 2 N–H and O–H groups in total. The summed E-state index contributed by atoms with van der Waals surface area (Å²) in [6.07, 6.45) is 1.06. The Morgan fingerprint density at radius 2 is 2.15 bits per heavy atom. The van der Waals surface area contributed by atoms with Gasteiger partial charge in [-0.05, 0) is 30.5 Å². The van der Waals surface area contributed by atoms with Crippen LogP contribution < -0.4 is 10.5 Å². The number of likely N-dealkylation sites (tertiary alicyclic amines) is 1. The number of nitrogens with zero attached hydrogens (tertiary/aromatic N) is 1. The Hall–Kier alpha value is -1.75. The third-order valence-corrected chi connectivity index (χ3v) is 3.96. The average Bonchev–Trinajstić information content (AvgIpc) is 2.47. The number of rotatable bonds is 3. The first-order valence-corrected chi connectivity index (χ1v) is 6.82. The quantitative estimate of drug-likeness (QED) is 0.856. The minimum atomic E-state index is -0.00255. The van der Waals surface area contributed by atoms with Crippen LogP contribution in [0.25, 0.3) is 0 Å². The molecule has 5 nitrogen and oxygen atoms in total. The Balaban J connectivity index is 2.15. The third-order valence-electron chi connectivity index (χ3n) is 3.96. The Labute approximate surface area is 119 Å². The molecule has 1 aromatic rings. The summed E-state index contributed by atoms with van der Waals surface area (Å²) in [5.41, 5.74) is 6.90. The predicted octanol–water partition coefficient (Wildman–Crippen LogP) is 1.77. The smallest absolute Gasteiger partial charge is 0.254 e. The second-order valence-corrected chi connectivity index (χ2v) is 5.25. The first-order chi connectivity index (χ1) is 9.56. The van der Waals surface area contributed by atoms with E-state index in [1.807, 2.05) is 4.90 Å². The van der Waals surface area contributed by atoms with E-state index in [2.05, 4.69) is 6.92 Å². The summed E-state index contributed by atoms with van der Waals surface area (Å²) in [5, 5.41) is 0. The van der Waals surface area contributed by atoms with E-state index < -0.39 is 0 Å². The van der Waals surface area contributed by atoms with Crippen molar-refractivity contribution in [1.82, 2.24) is 4.90 Å². The number of hydrogen-bond donors (Lipinski definition) is 1. The molecule has 2 unspecified atom stereocenters. The highest BCUT2D eigenvalue weighted by molar-refractivity contribution is 5.95. The molecule has 1 saturated heterocycles. The van der Waals surface area contributed by atoms with Crippen molar-refractivity contribution in [3.05, 3.63) is 23.8 Å². The number of benzene rings is 1. The van der Waals surface area contributed by atoms with Gasteiger partial charge in [-0.1, -0.05) is 6.92 Å². The molecule has 1 fully saturated rings. The minimum Gasteiger partial charge on any atom is -0.495 e. The molecule has 0 saturated carbocycles. The average molecular weight is 278 g/mol. The topological polar surface area (TPSA) is 64.8 Å². The summed E-state index contributed by atoms with van der Waals surface area (Å²) < 4.78 is 10.6. The molecule has 1 aliphatic rings. The van der Waals surface area contributed by atoms with Crippen molar-refractivity contribution < 1.29 is 14.3 Å². The van der Waals surface area contributed by atoms with Crippen molar-refractivity contribution in [3.63, 3.8) is 0 Å². The fourth-order valence-electron chi connectivity index (χ4n) is 2.55. The van der Waals surface area contributed by atoms with Gasteiger partial charge in [-0.25, -0.2) is 0 Å². The van der Waals surface area contributed by atoms with Gasteiger partial charge in [0.05, 0.1) is 18.9 Å². The molecule has 1 amide bonds. The molecule has 0 aromatic heterocycles. The number of carbonyl (C=O) groups is 1. The van der Waals surface area contributed by atoms with Crippen molar-refractivity contribution >= 4 is 11.6 Å². The SMILES string of the molecule is COc1cc(C(=O)N2CCC(C)C(OC)C2)ccc1N. The zero-order valence-electron chi connectivity index (χ0n) is 12.3. The van der Waals surface area contributed by atoms with Crippen LogP contribution in [0.15, 0.2) is 18.2 Å². The summed E-state index contributed by atoms with van der Waals surface area (Å²) in [7, 11) is 3.24. The molecule has 110 valence electrons. The molecular weight excluding hydrogens is 256 g/mol. The number of amides is 1. The van der Waals surface area contributed by atoms with Gasteiger partial charge < -0.3 is 20.1 Å². The van der Waals surface area contributed by atoms with E-state index in [-0.39, 0.29) is 12.0 Å². The van der Waals surface area contributed by atoms with Crippen LogP contribution in [0, 0.1) is 5.92 Å². The molecule has 1 aliphatic heterocycles. The normalized spacial score (nSPS) is 22.6. The zero-order valence-corrected chi connectivity index (χ0v) is 12.3. The van der Waals surface area contributed by atoms with E-state index in [1.165, 1.54) is 0 Å². The number of ether oxygens (including phenoxy) is 2. The zero-order chi connectivity index (χ0) is 14.7. The van der Waals surface area contributed by atoms with E-state index in [0.717, 1.165) is 13.0 Å². The van der Waals surface area contributed by atoms with Gasteiger partial charge in [0.1, 0.15) is 5.75 Å². The highest BCUT2D eigenvalue weighted by Crippen LogP contribution is 2.25. The Bertz CT molecular complexity index is 490. The van der Waals surface area contributed by atoms with Crippen LogP contribution in [0.5, 0.6) is 5.75 Å². The molecule has 0 bridgehead atoms. The van der Waals surface area contributed by atoms with Crippen LogP contribution in [-0.2, 0) is 4.74 Å². The maximum atomic E-state index is 12.5. The van der Waals surface area contributed by atoms with Gasteiger partial charge in [0.25, 0.3) is 5.91 Å². The van der Waals surface area contributed by atoms with Crippen LogP contribution in [0.1, 0.15) is 23.7 Å². The second-order valence-electron chi connectivity index (χ2n) is 5.25. The van der Waals surface area contributed by atoms with Crippen LogP contribution in [0.3, 0.4) is 0 Å². The highest BCUT2D eigenvalue weighted by atomic mass is 16.5. The molecule has 2 atom stereocenters. The molecule has 0 spiro atoms.